The van der Waals surface area contributed by atoms with Crippen LogP contribution < -0.4 is 5.32 Å². The third kappa shape index (κ3) is 3.60. The highest BCUT2D eigenvalue weighted by molar-refractivity contribution is 7.98. The van der Waals surface area contributed by atoms with E-state index in [0.29, 0.717) is 12.0 Å². The van der Waals surface area contributed by atoms with Gasteiger partial charge in [0.1, 0.15) is 0 Å². The third-order valence-corrected chi connectivity index (χ3v) is 3.33. The number of carbonyl (C=O) groups is 2. The molecule has 1 amide bonds. The zero-order valence-electron chi connectivity index (χ0n) is 10.3. The Morgan fingerprint density at radius 3 is 2.59 bits per heavy atom. The van der Waals surface area contributed by atoms with Gasteiger partial charge in [-0.3, -0.25) is 9.59 Å². The molecule has 0 spiro atoms. The number of hydrogen-bond donors (Lipinski definition) is 1. The van der Waals surface area contributed by atoms with Crippen molar-refractivity contribution in [3.05, 3.63) is 29.8 Å². The zero-order chi connectivity index (χ0) is 12.8. The first-order valence-electron chi connectivity index (χ1n) is 5.56. The van der Waals surface area contributed by atoms with E-state index in [-0.39, 0.29) is 11.7 Å². The molecule has 1 aromatic rings. The Balaban J connectivity index is 2.79. The van der Waals surface area contributed by atoms with Gasteiger partial charge in [-0.15, -0.1) is 11.8 Å². The van der Waals surface area contributed by atoms with E-state index in [9.17, 15) is 9.59 Å². The number of hydrogen-bond acceptors (Lipinski definition) is 3. The highest BCUT2D eigenvalue weighted by Crippen LogP contribution is 2.19. The second-order valence-electron chi connectivity index (χ2n) is 3.72. The lowest BCUT2D eigenvalue weighted by Crippen LogP contribution is -2.38. The van der Waals surface area contributed by atoms with Crippen LogP contribution in [0.4, 0.5) is 0 Å². The fourth-order valence-corrected chi connectivity index (χ4v) is 2.09. The van der Waals surface area contributed by atoms with Crippen LogP contribution in [0.15, 0.2) is 29.2 Å². The topological polar surface area (TPSA) is 46.2 Å². The molecule has 3 nitrogen and oxygen atoms in total. The van der Waals surface area contributed by atoms with Crippen LogP contribution in [0.5, 0.6) is 0 Å². The summed E-state index contributed by atoms with van der Waals surface area (Å²) in [6.45, 7) is 3.51. The molecule has 1 rings (SSSR count). The number of benzene rings is 1. The van der Waals surface area contributed by atoms with E-state index in [1.165, 1.54) is 11.8 Å². The highest BCUT2D eigenvalue weighted by atomic mass is 32.2. The standard InChI is InChI=1S/C13H17NO2S/c1-4-11(15)9(2)14-13(16)10-7-5-6-8-12(10)17-3/h5-9H,4H2,1-3H3,(H,14,16). The fraction of sp³-hybridized carbons (Fsp3) is 0.385. The Morgan fingerprint density at radius 2 is 2.00 bits per heavy atom. The van der Waals surface area contributed by atoms with E-state index in [0.717, 1.165) is 4.90 Å². The number of carbonyl (C=O) groups excluding carboxylic acids is 2. The van der Waals surface area contributed by atoms with Crippen molar-refractivity contribution in [1.82, 2.24) is 5.32 Å². The minimum atomic E-state index is -0.428. The SMILES string of the molecule is CCC(=O)C(C)NC(=O)c1ccccc1SC. The molecular weight excluding hydrogens is 234 g/mol. The Bertz CT molecular complexity index is 418. The average Bonchev–Trinajstić information content (AvgIpc) is 2.37. The van der Waals surface area contributed by atoms with Crippen molar-refractivity contribution in [2.75, 3.05) is 6.26 Å². The molecule has 0 aromatic heterocycles. The fourth-order valence-electron chi connectivity index (χ4n) is 1.49. The Labute approximate surface area is 106 Å². The van der Waals surface area contributed by atoms with E-state index >= 15 is 0 Å². The van der Waals surface area contributed by atoms with Crippen LogP contribution in [0.3, 0.4) is 0 Å². The van der Waals surface area contributed by atoms with E-state index in [2.05, 4.69) is 5.32 Å². The molecule has 1 unspecified atom stereocenters. The van der Waals surface area contributed by atoms with Crippen LogP contribution in [-0.4, -0.2) is 24.0 Å². The van der Waals surface area contributed by atoms with Gasteiger partial charge in [-0.2, -0.15) is 0 Å². The van der Waals surface area contributed by atoms with E-state index in [1.807, 2.05) is 24.5 Å². The van der Waals surface area contributed by atoms with Gasteiger partial charge in [0.25, 0.3) is 5.91 Å². The second-order valence-corrected chi connectivity index (χ2v) is 4.56. The number of thioether (sulfide) groups is 1. The molecule has 1 aromatic carbocycles. The van der Waals surface area contributed by atoms with Gasteiger partial charge in [0.2, 0.25) is 0 Å². The maximum absolute atomic E-state index is 12.0. The van der Waals surface area contributed by atoms with Crippen LogP contribution in [0.25, 0.3) is 0 Å². The molecule has 0 radical (unpaired) electrons. The van der Waals surface area contributed by atoms with Gasteiger partial charge in [0, 0.05) is 11.3 Å². The molecule has 0 heterocycles. The highest BCUT2D eigenvalue weighted by Gasteiger charge is 2.16. The Morgan fingerprint density at radius 1 is 1.35 bits per heavy atom. The van der Waals surface area contributed by atoms with Crippen LogP contribution in [0.2, 0.25) is 0 Å². The lowest BCUT2D eigenvalue weighted by atomic mass is 10.1. The minimum Gasteiger partial charge on any atom is -0.342 e. The van der Waals surface area contributed by atoms with Crippen molar-refractivity contribution in [2.24, 2.45) is 0 Å². The van der Waals surface area contributed by atoms with E-state index in [4.69, 9.17) is 0 Å². The number of ketones is 1. The summed E-state index contributed by atoms with van der Waals surface area (Å²) in [6.07, 6.45) is 2.36. The summed E-state index contributed by atoms with van der Waals surface area (Å²) in [6, 6.07) is 6.95. The van der Waals surface area contributed by atoms with E-state index < -0.39 is 6.04 Å². The first-order chi connectivity index (χ1) is 8.10. The van der Waals surface area contributed by atoms with Gasteiger partial charge >= 0.3 is 0 Å². The summed E-state index contributed by atoms with van der Waals surface area (Å²) in [7, 11) is 0. The number of rotatable bonds is 5. The van der Waals surface area contributed by atoms with Crippen molar-refractivity contribution < 1.29 is 9.59 Å². The molecule has 1 atom stereocenters. The van der Waals surface area contributed by atoms with Crippen molar-refractivity contribution in [3.63, 3.8) is 0 Å². The lowest BCUT2D eigenvalue weighted by molar-refractivity contribution is -0.120. The van der Waals surface area contributed by atoms with Gasteiger partial charge in [0.15, 0.2) is 5.78 Å². The normalized spacial score (nSPS) is 11.9. The van der Waals surface area contributed by atoms with Crippen LogP contribution in [0.1, 0.15) is 30.6 Å². The second kappa shape index (κ2) is 6.45. The van der Waals surface area contributed by atoms with E-state index in [1.54, 1.807) is 19.9 Å². The van der Waals surface area contributed by atoms with Gasteiger partial charge < -0.3 is 5.32 Å². The first-order valence-corrected chi connectivity index (χ1v) is 6.79. The quantitative estimate of drug-likeness (QED) is 0.818. The molecule has 4 heteroatoms. The van der Waals surface area contributed by atoms with Crippen LogP contribution >= 0.6 is 11.8 Å². The molecule has 17 heavy (non-hydrogen) atoms. The summed E-state index contributed by atoms with van der Waals surface area (Å²) < 4.78 is 0. The van der Waals surface area contributed by atoms with Gasteiger partial charge in [-0.1, -0.05) is 19.1 Å². The molecule has 0 saturated heterocycles. The van der Waals surface area contributed by atoms with Crippen molar-refractivity contribution in [1.29, 1.82) is 0 Å². The summed E-state index contributed by atoms with van der Waals surface area (Å²) in [5, 5.41) is 2.72. The molecule has 0 aliphatic rings. The van der Waals surface area contributed by atoms with Crippen LogP contribution in [0, 0.1) is 0 Å². The smallest absolute Gasteiger partial charge is 0.252 e. The third-order valence-electron chi connectivity index (χ3n) is 2.53. The molecular formula is C13H17NO2S. The number of Topliss-reactive ketones (excluding diaryl/α,β-unsaturated/α-hetero) is 1. The monoisotopic (exact) mass is 251 g/mol. The molecule has 0 fully saturated rings. The molecule has 1 N–H and O–H groups in total. The summed E-state index contributed by atoms with van der Waals surface area (Å²) in [5.74, 6) is -0.149. The predicted octanol–water partition coefficient (Wildman–Crippen LogP) is 2.51. The largest absolute Gasteiger partial charge is 0.342 e. The lowest BCUT2D eigenvalue weighted by Gasteiger charge is -2.13. The average molecular weight is 251 g/mol. The minimum absolute atomic E-state index is 0.0417. The van der Waals surface area contributed by atoms with Gasteiger partial charge in [-0.05, 0) is 25.3 Å². The van der Waals surface area contributed by atoms with Crippen molar-refractivity contribution >= 4 is 23.5 Å². The van der Waals surface area contributed by atoms with Gasteiger partial charge in [0.05, 0.1) is 11.6 Å². The zero-order valence-corrected chi connectivity index (χ0v) is 11.1. The maximum Gasteiger partial charge on any atom is 0.252 e. The maximum atomic E-state index is 12.0. The molecule has 92 valence electrons. The molecule has 0 aliphatic heterocycles. The van der Waals surface area contributed by atoms with Crippen LogP contribution in [-0.2, 0) is 4.79 Å². The Hall–Kier alpha value is -1.29. The molecule has 0 saturated carbocycles. The van der Waals surface area contributed by atoms with Crippen molar-refractivity contribution in [3.8, 4) is 0 Å². The number of amides is 1. The Kier molecular flexibility index (Phi) is 5.22. The predicted molar refractivity (Wildman–Crippen MR) is 70.4 cm³/mol. The summed E-state index contributed by atoms with van der Waals surface area (Å²) in [5.41, 5.74) is 0.621. The first kappa shape index (κ1) is 13.8. The summed E-state index contributed by atoms with van der Waals surface area (Å²) >= 11 is 1.52. The van der Waals surface area contributed by atoms with Gasteiger partial charge in [-0.25, -0.2) is 0 Å². The van der Waals surface area contributed by atoms with Crippen molar-refractivity contribution in [2.45, 2.75) is 31.2 Å². The molecule has 0 aliphatic carbocycles. The number of nitrogens with one attached hydrogen (secondary N) is 1. The summed E-state index contributed by atoms with van der Waals surface area (Å²) in [4.78, 5) is 24.3. The molecule has 0 bridgehead atoms.